The molecule has 8 nitrogen and oxygen atoms in total. The van der Waals surface area contributed by atoms with Gasteiger partial charge in [-0.05, 0) is 24.1 Å². The number of fused-ring (bicyclic) bond motifs is 2. The number of aryl methyl sites for hydroxylation is 1. The summed E-state index contributed by atoms with van der Waals surface area (Å²) in [5.74, 6) is -3.61. The van der Waals surface area contributed by atoms with E-state index < -0.39 is 35.3 Å². The number of nitrogens with zero attached hydrogens (tertiary/aromatic N) is 5. The van der Waals surface area contributed by atoms with Gasteiger partial charge < -0.3 is 15.5 Å². The first-order valence-corrected chi connectivity index (χ1v) is 12.6. The van der Waals surface area contributed by atoms with Crippen LogP contribution in [0.1, 0.15) is 22.3 Å². The lowest BCUT2D eigenvalue weighted by Crippen LogP contribution is -2.57. The monoisotopic (exact) mass is 536 g/mol. The maximum absolute atomic E-state index is 15.9. The first-order valence-electron chi connectivity index (χ1n) is 11.7. The van der Waals surface area contributed by atoms with Crippen molar-refractivity contribution in [3.63, 3.8) is 0 Å². The quantitative estimate of drug-likeness (QED) is 0.387. The topological polar surface area (TPSA) is 108 Å². The minimum atomic E-state index is -1.06. The Balaban J connectivity index is 1.51. The molecule has 2 aliphatic heterocycles. The van der Waals surface area contributed by atoms with Crippen LogP contribution in [0.15, 0.2) is 36.8 Å². The number of halogens is 3. The summed E-state index contributed by atoms with van der Waals surface area (Å²) >= 11 is 0.916. The zero-order chi connectivity index (χ0) is 26.9. The van der Waals surface area contributed by atoms with Crippen LogP contribution in [0.25, 0.3) is 32.1 Å². The van der Waals surface area contributed by atoms with Gasteiger partial charge in [0.25, 0.3) is 11.8 Å². The van der Waals surface area contributed by atoms with Gasteiger partial charge in [0, 0.05) is 42.5 Å². The summed E-state index contributed by atoms with van der Waals surface area (Å²) in [6.45, 7) is 3.82. The third-order valence-electron chi connectivity index (χ3n) is 7.24. The number of aromatic nitrogens is 2. The van der Waals surface area contributed by atoms with Crippen LogP contribution in [0.3, 0.4) is 0 Å². The van der Waals surface area contributed by atoms with Gasteiger partial charge in [-0.25, -0.2) is 13.2 Å². The van der Waals surface area contributed by atoms with Gasteiger partial charge in [0.1, 0.15) is 22.7 Å². The number of hydrogen-bond acceptors (Lipinski definition) is 6. The Bertz CT molecular complexity index is 1750. The van der Waals surface area contributed by atoms with E-state index in [0.717, 1.165) is 17.4 Å². The van der Waals surface area contributed by atoms with Gasteiger partial charge in [-0.2, -0.15) is 10.4 Å². The summed E-state index contributed by atoms with van der Waals surface area (Å²) in [5.41, 5.74) is 6.92. The number of nitriles is 1. The fraction of sp³-hybridized carbons (Fsp3) is 0.231. The van der Waals surface area contributed by atoms with Crippen LogP contribution in [0.2, 0.25) is 0 Å². The van der Waals surface area contributed by atoms with Crippen molar-refractivity contribution in [2.45, 2.75) is 19.0 Å². The lowest BCUT2D eigenvalue weighted by Gasteiger charge is -2.42. The maximum atomic E-state index is 15.9. The molecule has 1 fully saturated rings. The van der Waals surface area contributed by atoms with E-state index in [4.69, 9.17) is 5.73 Å². The summed E-state index contributed by atoms with van der Waals surface area (Å²) in [5, 5.41) is 14.8. The zero-order valence-electron chi connectivity index (χ0n) is 19.8. The molecular weight excluding hydrogens is 517 g/mol. The minimum absolute atomic E-state index is 0.0620. The highest BCUT2D eigenvalue weighted by atomic mass is 32.1. The fourth-order valence-corrected chi connectivity index (χ4v) is 6.46. The lowest BCUT2D eigenvalue weighted by molar-refractivity contribution is -0.131. The Morgan fingerprint density at radius 2 is 2.00 bits per heavy atom. The molecule has 0 spiro atoms. The molecule has 2 aromatic carbocycles. The van der Waals surface area contributed by atoms with Crippen molar-refractivity contribution in [2.24, 2.45) is 0 Å². The number of nitrogens with two attached hydrogens (primary N) is 1. The molecule has 1 atom stereocenters. The van der Waals surface area contributed by atoms with Crippen molar-refractivity contribution in [1.82, 2.24) is 19.6 Å². The third-order valence-corrected chi connectivity index (χ3v) is 8.27. The van der Waals surface area contributed by atoms with Crippen molar-refractivity contribution in [2.75, 3.05) is 25.4 Å². The highest BCUT2D eigenvalue weighted by Crippen LogP contribution is 2.44. The molecule has 12 heteroatoms. The normalized spacial score (nSPS) is 17.3. The van der Waals surface area contributed by atoms with Gasteiger partial charge in [0.2, 0.25) is 0 Å². The third kappa shape index (κ3) is 3.39. The summed E-state index contributed by atoms with van der Waals surface area (Å²) in [6, 6.07) is 5.31. The van der Waals surface area contributed by atoms with Crippen LogP contribution in [-0.2, 0) is 11.3 Å². The number of carbonyl (C=O) groups excluding carboxylic acids is 2. The number of anilines is 1. The number of amides is 2. The van der Waals surface area contributed by atoms with Crippen LogP contribution in [0.5, 0.6) is 0 Å². The van der Waals surface area contributed by atoms with Crippen LogP contribution >= 0.6 is 11.3 Å². The Labute approximate surface area is 217 Å². The molecule has 4 heterocycles. The van der Waals surface area contributed by atoms with Crippen molar-refractivity contribution >= 4 is 49.1 Å². The van der Waals surface area contributed by atoms with E-state index in [9.17, 15) is 23.6 Å². The predicted octanol–water partition coefficient (Wildman–Crippen LogP) is 4.19. The molecule has 6 rings (SSSR count). The van der Waals surface area contributed by atoms with E-state index in [0.29, 0.717) is 23.9 Å². The number of carbonyl (C=O) groups is 2. The van der Waals surface area contributed by atoms with E-state index in [-0.39, 0.29) is 57.0 Å². The van der Waals surface area contributed by atoms with E-state index in [2.05, 4.69) is 11.7 Å². The Hall–Kier alpha value is -4.37. The number of piperazine rings is 1. The second kappa shape index (κ2) is 8.59. The van der Waals surface area contributed by atoms with Gasteiger partial charge in [0.15, 0.2) is 5.83 Å². The highest BCUT2D eigenvalue weighted by Gasteiger charge is 2.37. The molecule has 0 aliphatic carbocycles. The molecule has 2 N–H and O–H groups in total. The van der Waals surface area contributed by atoms with Crippen molar-refractivity contribution in [3.8, 4) is 17.2 Å². The van der Waals surface area contributed by atoms with E-state index in [1.165, 1.54) is 23.2 Å². The molecule has 0 bridgehead atoms. The van der Waals surface area contributed by atoms with Gasteiger partial charge in [-0.15, -0.1) is 11.3 Å². The van der Waals surface area contributed by atoms with E-state index >= 15 is 4.39 Å². The number of nitrogen functional groups attached to an aromatic ring is 1. The van der Waals surface area contributed by atoms with Gasteiger partial charge in [0.05, 0.1) is 33.6 Å². The first-order chi connectivity index (χ1) is 18.2. The van der Waals surface area contributed by atoms with Crippen molar-refractivity contribution in [1.29, 1.82) is 5.26 Å². The van der Waals surface area contributed by atoms with Gasteiger partial charge in [-0.3, -0.25) is 14.3 Å². The highest BCUT2D eigenvalue weighted by molar-refractivity contribution is 7.23. The molecule has 2 aliphatic rings. The molecule has 4 aromatic rings. The second-order valence-corrected chi connectivity index (χ2v) is 10.3. The fourth-order valence-electron chi connectivity index (χ4n) is 5.52. The smallest absolute Gasteiger partial charge is 0.282 e. The van der Waals surface area contributed by atoms with E-state index in [1.807, 2.05) is 6.07 Å². The molecule has 0 radical (unpaired) electrons. The molecule has 1 saturated heterocycles. The summed E-state index contributed by atoms with van der Waals surface area (Å²) in [6.07, 6.45) is 1.88. The SMILES string of the molecule is C=C(F)C(=O)N1CCN2C(=O)c3cc(F)c(-c4ccc(F)c5sc(N)c(C#N)c45)c4cnn(c34)CCC2C1. The van der Waals surface area contributed by atoms with E-state index in [1.54, 1.807) is 9.58 Å². The Kier molecular flexibility index (Phi) is 5.43. The predicted molar refractivity (Wildman–Crippen MR) is 136 cm³/mol. The first kappa shape index (κ1) is 24.0. The lowest BCUT2D eigenvalue weighted by atomic mass is 9.93. The summed E-state index contributed by atoms with van der Waals surface area (Å²) < 4.78 is 45.8. The van der Waals surface area contributed by atoms with Crippen LogP contribution in [-0.4, -0.2) is 57.1 Å². The number of hydrogen-bond donors (Lipinski definition) is 1. The largest absolute Gasteiger partial charge is 0.389 e. The second-order valence-electron chi connectivity index (χ2n) is 9.26. The Morgan fingerprint density at radius 3 is 2.74 bits per heavy atom. The summed E-state index contributed by atoms with van der Waals surface area (Å²) in [7, 11) is 0. The average Bonchev–Trinajstić information content (AvgIpc) is 3.47. The minimum Gasteiger partial charge on any atom is -0.389 e. The molecule has 2 aromatic heterocycles. The average molecular weight is 537 g/mol. The zero-order valence-corrected chi connectivity index (χ0v) is 20.6. The van der Waals surface area contributed by atoms with Gasteiger partial charge >= 0.3 is 0 Å². The van der Waals surface area contributed by atoms with Crippen LogP contribution < -0.4 is 5.73 Å². The molecule has 192 valence electrons. The number of benzene rings is 2. The Morgan fingerprint density at radius 1 is 1.21 bits per heavy atom. The number of rotatable bonds is 2. The molecule has 38 heavy (non-hydrogen) atoms. The molecule has 2 amide bonds. The standard InChI is InChI=1S/C26H19F3N6O2S/c1-12(27)25(36)33-6-7-34-13(11-33)4-5-35-22-15(26(34)37)8-19(29)20(17(22)10-32-35)14-2-3-18(28)23-21(14)16(9-30)24(31)38-23/h2-3,8,10,13H,1,4-7,11,31H2. The molecular formula is C26H19F3N6O2S. The van der Waals surface area contributed by atoms with Crippen LogP contribution in [0.4, 0.5) is 18.2 Å². The van der Waals surface area contributed by atoms with Crippen molar-refractivity contribution < 1.29 is 22.8 Å². The van der Waals surface area contributed by atoms with Gasteiger partial charge in [-0.1, -0.05) is 12.6 Å². The molecule has 0 saturated carbocycles. The summed E-state index contributed by atoms with van der Waals surface area (Å²) in [4.78, 5) is 28.7. The number of thiophene rings is 1. The van der Waals surface area contributed by atoms with Crippen molar-refractivity contribution in [3.05, 3.63) is 59.6 Å². The van der Waals surface area contributed by atoms with Crippen LogP contribution in [0, 0.1) is 23.0 Å². The maximum Gasteiger partial charge on any atom is 0.282 e. The molecule has 1 unspecified atom stereocenters.